The Bertz CT molecular complexity index is 1010. The average molecular weight is 377 g/mol. The highest BCUT2D eigenvalue weighted by Crippen LogP contribution is 2.37. The van der Waals surface area contributed by atoms with Crippen molar-refractivity contribution < 1.29 is 4.79 Å². The van der Waals surface area contributed by atoms with Crippen LogP contribution in [0.1, 0.15) is 18.1 Å². The fraction of sp³-hybridized carbons (Fsp3) is 0.300. The predicted octanol–water partition coefficient (Wildman–Crippen LogP) is 2.68. The Hall–Kier alpha value is -2.80. The van der Waals surface area contributed by atoms with Crippen LogP contribution in [-0.4, -0.2) is 58.5 Å². The molecule has 0 N–H and O–H groups in total. The van der Waals surface area contributed by atoms with E-state index < -0.39 is 0 Å². The van der Waals surface area contributed by atoms with Crippen molar-refractivity contribution in [1.82, 2.24) is 14.8 Å². The summed E-state index contributed by atoms with van der Waals surface area (Å²) in [5.74, 6) is 0.902. The minimum Gasteiger partial charge on any atom is -0.332 e. The lowest BCUT2D eigenvalue weighted by Crippen LogP contribution is -2.36. The van der Waals surface area contributed by atoms with Crippen LogP contribution < -0.4 is 0 Å². The van der Waals surface area contributed by atoms with Crippen LogP contribution in [0.25, 0.3) is 16.1 Å². The van der Waals surface area contributed by atoms with E-state index in [-0.39, 0.29) is 12.5 Å². The van der Waals surface area contributed by atoms with Crippen LogP contribution in [0.15, 0.2) is 46.0 Å². The van der Waals surface area contributed by atoms with Crippen molar-refractivity contribution >= 4 is 34.5 Å². The molecule has 0 radical (unpaired) electrons. The number of rotatable bonds is 1. The van der Waals surface area contributed by atoms with Gasteiger partial charge in [0.1, 0.15) is 19.0 Å². The summed E-state index contributed by atoms with van der Waals surface area (Å²) >= 11 is 1.65. The first kappa shape index (κ1) is 16.4. The molecule has 27 heavy (non-hydrogen) atoms. The van der Waals surface area contributed by atoms with Crippen molar-refractivity contribution in [3.8, 4) is 10.4 Å². The van der Waals surface area contributed by atoms with E-state index in [0.717, 1.165) is 35.8 Å². The summed E-state index contributed by atoms with van der Waals surface area (Å²) in [7, 11) is 0. The highest BCUT2D eigenvalue weighted by atomic mass is 32.1. The molecule has 0 atom stereocenters. The second-order valence-corrected chi connectivity index (χ2v) is 7.82. The lowest BCUT2D eigenvalue weighted by Gasteiger charge is -2.32. The van der Waals surface area contributed by atoms with Gasteiger partial charge in [-0.2, -0.15) is 0 Å². The number of aromatic nitrogens is 1. The van der Waals surface area contributed by atoms with Crippen molar-refractivity contribution in [1.29, 1.82) is 0 Å². The van der Waals surface area contributed by atoms with Gasteiger partial charge in [0.15, 0.2) is 0 Å². The number of hydrogen-bond donors (Lipinski definition) is 0. The summed E-state index contributed by atoms with van der Waals surface area (Å²) in [6.07, 6.45) is 4.82. The van der Waals surface area contributed by atoms with Crippen LogP contribution in [0, 0.1) is 0 Å². The van der Waals surface area contributed by atoms with E-state index in [0.29, 0.717) is 13.2 Å². The third-order valence-electron chi connectivity index (χ3n) is 5.22. The molecule has 0 saturated heterocycles. The minimum atomic E-state index is 0.0573. The molecule has 0 unspecified atom stereocenters. The Morgan fingerprint density at radius 2 is 2.07 bits per heavy atom. The number of carbonyl (C=O) groups excluding carboxylic acids is 1. The molecular weight excluding hydrogens is 358 g/mol. The number of benzene rings is 1. The number of thiazole rings is 1. The van der Waals surface area contributed by atoms with Gasteiger partial charge in [-0.25, -0.2) is 0 Å². The summed E-state index contributed by atoms with van der Waals surface area (Å²) in [5.41, 5.74) is 7.53. The van der Waals surface area contributed by atoms with E-state index in [1.807, 2.05) is 23.5 Å². The lowest BCUT2D eigenvalue weighted by atomic mass is 9.91. The van der Waals surface area contributed by atoms with Crippen molar-refractivity contribution in [2.24, 2.45) is 9.98 Å². The van der Waals surface area contributed by atoms with E-state index in [2.05, 4.69) is 44.1 Å². The van der Waals surface area contributed by atoms with Gasteiger partial charge in [0.2, 0.25) is 5.91 Å². The van der Waals surface area contributed by atoms with Crippen molar-refractivity contribution in [2.75, 3.05) is 26.3 Å². The van der Waals surface area contributed by atoms with Gasteiger partial charge in [-0.15, -0.1) is 11.3 Å². The quantitative estimate of drug-likeness (QED) is 0.768. The molecule has 3 aliphatic heterocycles. The summed E-state index contributed by atoms with van der Waals surface area (Å²) < 4.78 is 0. The molecule has 2 aromatic rings. The van der Waals surface area contributed by atoms with Crippen molar-refractivity contribution in [3.05, 3.63) is 47.1 Å². The third-order valence-corrected chi connectivity index (χ3v) is 6.03. The zero-order chi connectivity index (χ0) is 18.4. The Labute approximate surface area is 161 Å². The van der Waals surface area contributed by atoms with E-state index in [1.165, 1.54) is 16.0 Å². The molecule has 0 bridgehead atoms. The van der Waals surface area contributed by atoms with Gasteiger partial charge in [-0.05, 0) is 24.5 Å². The normalized spacial score (nSPS) is 19.1. The Balaban J connectivity index is 1.61. The molecule has 0 aliphatic carbocycles. The van der Waals surface area contributed by atoms with Crippen LogP contribution in [0.5, 0.6) is 0 Å². The summed E-state index contributed by atoms with van der Waals surface area (Å²) in [6.45, 7) is 4.28. The number of amidine groups is 1. The van der Waals surface area contributed by atoms with Gasteiger partial charge < -0.3 is 9.80 Å². The fourth-order valence-electron chi connectivity index (χ4n) is 3.91. The van der Waals surface area contributed by atoms with Gasteiger partial charge in [0.05, 0.1) is 22.6 Å². The SMILES string of the molecule is CC1=NCN(C2=NCC(=O)N3CCc4c(cccc4-c4cncs4)C3=C2)C1. The van der Waals surface area contributed by atoms with E-state index >= 15 is 0 Å². The zero-order valence-corrected chi connectivity index (χ0v) is 15.9. The summed E-state index contributed by atoms with van der Waals surface area (Å²) in [6, 6.07) is 6.32. The van der Waals surface area contributed by atoms with Gasteiger partial charge >= 0.3 is 0 Å². The maximum Gasteiger partial charge on any atom is 0.248 e. The monoisotopic (exact) mass is 377 g/mol. The number of amides is 1. The Kier molecular flexibility index (Phi) is 3.89. The molecule has 0 spiro atoms. The molecule has 0 fully saturated rings. The van der Waals surface area contributed by atoms with Crippen LogP contribution in [0.2, 0.25) is 0 Å². The van der Waals surface area contributed by atoms with Crippen LogP contribution >= 0.6 is 11.3 Å². The molecule has 136 valence electrons. The first-order valence-electron chi connectivity index (χ1n) is 9.03. The van der Waals surface area contributed by atoms with Gasteiger partial charge in [-0.3, -0.25) is 19.8 Å². The number of nitrogens with zero attached hydrogens (tertiary/aromatic N) is 5. The first-order chi connectivity index (χ1) is 13.2. The average Bonchev–Trinajstić information content (AvgIpc) is 3.33. The highest BCUT2D eigenvalue weighted by Gasteiger charge is 2.30. The second-order valence-electron chi connectivity index (χ2n) is 6.93. The van der Waals surface area contributed by atoms with Crippen molar-refractivity contribution in [3.63, 3.8) is 0 Å². The second kappa shape index (κ2) is 6.42. The van der Waals surface area contributed by atoms with E-state index in [4.69, 9.17) is 0 Å². The number of carbonyl (C=O) groups is 1. The topological polar surface area (TPSA) is 61.2 Å². The maximum atomic E-state index is 12.7. The fourth-order valence-corrected chi connectivity index (χ4v) is 4.58. The molecule has 6 nitrogen and oxygen atoms in total. The molecule has 5 rings (SSSR count). The third kappa shape index (κ3) is 2.78. The molecule has 1 aromatic carbocycles. The summed E-state index contributed by atoms with van der Waals surface area (Å²) in [4.78, 5) is 31.2. The highest BCUT2D eigenvalue weighted by molar-refractivity contribution is 7.13. The number of fused-ring (bicyclic) bond motifs is 3. The summed E-state index contributed by atoms with van der Waals surface area (Å²) in [5, 5.41) is 0. The first-order valence-corrected chi connectivity index (χ1v) is 9.91. The molecule has 3 aliphatic rings. The minimum absolute atomic E-state index is 0.0573. The van der Waals surface area contributed by atoms with Crippen molar-refractivity contribution in [2.45, 2.75) is 13.3 Å². The van der Waals surface area contributed by atoms with Crippen LogP contribution in [-0.2, 0) is 11.2 Å². The van der Waals surface area contributed by atoms with Gasteiger partial charge in [0.25, 0.3) is 0 Å². The Morgan fingerprint density at radius 1 is 1.19 bits per heavy atom. The lowest BCUT2D eigenvalue weighted by molar-refractivity contribution is -0.126. The molecule has 1 aromatic heterocycles. The largest absolute Gasteiger partial charge is 0.332 e. The molecular formula is C20H19N5OS. The molecule has 4 heterocycles. The van der Waals surface area contributed by atoms with Crippen LogP contribution in [0.3, 0.4) is 0 Å². The molecule has 1 amide bonds. The smallest absolute Gasteiger partial charge is 0.248 e. The van der Waals surface area contributed by atoms with Gasteiger partial charge in [-0.1, -0.05) is 18.2 Å². The number of aliphatic imine (C=N–C) groups is 2. The number of hydrogen-bond acceptors (Lipinski definition) is 6. The van der Waals surface area contributed by atoms with E-state index in [9.17, 15) is 4.79 Å². The van der Waals surface area contributed by atoms with E-state index in [1.54, 1.807) is 11.3 Å². The predicted molar refractivity (Wildman–Crippen MR) is 108 cm³/mol. The molecule has 0 saturated carbocycles. The van der Waals surface area contributed by atoms with Gasteiger partial charge in [0, 0.05) is 30.1 Å². The Morgan fingerprint density at radius 3 is 2.85 bits per heavy atom. The van der Waals surface area contributed by atoms with Crippen LogP contribution in [0.4, 0.5) is 0 Å². The molecule has 7 heteroatoms. The zero-order valence-electron chi connectivity index (χ0n) is 15.1. The standard InChI is InChI=1S/C20H19N5OS/c1-13-10-24(11-23-13)19-7-17-15-3-2-4-16(18-8-21-12-27-18)14(15)5-6-25(17)20(26)9-22-19/h2-4,7-8,12H,5-6,9-11H2,1H3. The maximum absolute atomic E-state index is 12.7.